The van der Waals surface area contributed by atoms with E-state index in [1.807, 2.05) is 12.1 Å². The molecule has 0 unspecified atom stereocenters. The van der Waals surface area contributed by atoms with Crippen LogP contribution >= 0.6 is 11.3 Å². The minimum Gasteiger partial charge on any atom is -0.478 e. The number of nitrogens with one attached hydrogen (secondary N) is 1. The van der Waals surface area contributed by atoms with Crippen molar-refractivity contribution in [2.24, 2.45) is 0 Å². The molecule has 2 aromatic carbocycles. The number of anilines is 1. The summed E-state index contributed by atoms with van der Waals surface area (Å²) in [5.74, 6) is -0.142. The molecular weight excluding hydrogens is 370 g/mol. The maximum Gasteiger partial charge on any atom is 0.335 e. The summed E-state index contributed by atoms with van der Waals surface area (Å²) >= 11 is 1.61. The van der Waals surface area contributed by atoms with Crippen molar-refractivity contribution in [2.45, 2.75) is 20.4 Å². The fourth-order valence-corrected chi connectivity index (χ4v) is 4.18. The fraction of sp³-hybridized carbons (Fsp3) is 0.136. The van der Waals surface area contributed by atoms with Crippen molar-refractivity contribution in [1.82, 2.24) is 9.97 Å². The van der Waals surface area contributed by atoms with Gasteiger partial charge in [-0.05, 0) is 42.7 Å². The standard InChI is InChI=1S/C22H19N3O2S/c1-13-3-8-17(14(2)9-13)18-11-28-21-19(18)20(24-12-25-21)23-10-15-4-6-16(7-5-15)22(26)27/h3-9,11-12H,10H2,1-2H3,(H,26,27)(H,23,24,25). The van der Waals surface area contributed by atoms with Gasteiger partial charge in [-0.15, -0.1) is 11.3 Å². The van der Waals surface area contributed by atoms with Gasteiger partial charge in [-0.25, -0.2) is 14.8 Å². The molecule has 0 fully saturated rings. The molecule has 4 rings (SSSR count). The lowest BCUT2D eigenvalue weighted by Crippen LogP contribution is -2.03. The van der Waals surface area contributed by atoms with E-state index in [1.54, 1.807) is 29.8 Å². The Morgan fingerprint density at radius 1 is 1.07 bits per heavy atom. The summed E-state index contributed by atoms with van der Waals surface area (Å²) in [6.07, 6.45) is 1.57. The molecule has 0 saturated carbocycles. The highest BCUT2D eigenvalue weighted by molar-refractivity contribution is 7.17. The Morgan fingerprint density at radius 3 is 2.57 bits per heavy atom. The minimum atomic E-state index is -0.923. The first-order valence-electron chi connectivity index (χ1n) is 8.89. The third-order valence-corrected chi connectivity index (χ3v) is 5.59. The number of thiophene rings is 1. The minimum absolute atomic E-state index is 0.281. The van der Waals surface area contributed by atoms with Gasteiger partial charge < -0.3 is 10.4 Å². The van der Waals surface area contributed by atoms with Crippen molar-refractivity contribution >= 4 is 33.3 Å². The van der Waals surface area contributed by atoms with Crippen LogP contribution in [0.25, 0.3) is 21.3 Å². The van der Waals surface area contributed by atoms with Gasteiger partial charge in [0, 0.05) is 17.5 Å². The lowest BCUT2D eigenvalue weighted by Gasteiger charge is -2.10. The zero-order valence-corrected chi connectivity index (χ0v) is 16.4. The maximum absolute atomic E-state index is 11.0. The van der Waals surface area contributed by atoms with Gasteiger partial charge in [0.05, 0.1) is 10.9 Å². The molecule has 0 aliphatic carbocycles. The molecule has 0 aliphatic rings. The van der Waals surface area contributed by atoms with Crippen LogP contribution in [-0.4, -0.2) is 21.0 Å². The van der Waals surface area contributed by atoms with Crippen LogP contribution in [0.15, 0.2) is 54.2 Å². The molecule has 0 spiro atoms. The van der Waals surface area contributed by atoms with Gasteiger partial charge in [-0.1, -0.05) is 35.9 Å². The van der Waals surface area contributed by atoms with Gasteiger partial charge in [-0.2, -0.15) is 0 Å². The highest BCUT2D eigenvalue weighted by Crippen LogP contribution is 2.38. The van der Waals surface area contributed by atoms with Crippen molar-refractivity contribution in [2.75, 3.05) is 5.32 Å². The van der Waals surface area contributed by atoms with E-state index in [0.29, 0.717) is 6.54 Å². The lowest BCUT2D eigenvalue weighted by atomic mass is 9.99. The molecule has 0 bridgehead atoms. The van der Waals surface area contributed by atoms with Gasteiger partial charge in [0.2, 0.25) is 0 Å². The number of carboxylic acid groups (broad SMARTS) is 1. The second kappa shape index (κ2) is 7.40. The van der Waals surface area contributed by atoms with E-state index in [4.69, 9.17) is 5.11 Å². The first kappa shape index (κ1) is 18.1. The average molecular weight is 389 g/mol. The van der Waals surface area contributed by atoms with Gasteiger partial charge in [0.15, 0.2) is 0 Å². The molecule has 0 radical (unpaired) electrons. The molecule has 28 heavy (non-hydrogen) atoms. The van der Waals surface area contributed by atoms with Gasteiger partial charge in [-0.3, -0.25) is 0 Å². The first-order valence-corrected chi connectivity index (χ1v) is 9.77. The average Bonchev–Trinajstić information content (AvgIpc) is 3.11. The van der Waals surface area contributed by atoms with Gasteiger partial charge in [0.1, 0.15) is 17.0 Å². The zero-order chi connectivity index (χ0) is 19.7. The van der Waals surface area contributed by atoms with E-state index in [-0.39, 0.29) is 5.56 Å². The number of hydrogen-bond acceptors (Lipinski definition) is 5. The van der Waals surface area contributed by atoms with Crippen LogP contribution in [0.4, 0.5) is 5.82 Å². The molecule has 0 aliphatic heterocycles. The van der Waals surface area contributed by atoms with Crippen LogP contribution in [-0.2, 0) is 6.54 Å². The molecule has 140 valence electrons. The summed E-state index contributed by atoms with van der Waals surface area (Å²) in [4.78, 5) is 20.8. The number of aromatic carboxylic acids is 1. The SMILES string of the molecule is Cc1ccc(-c2csc3ncnc(NCc4ccc(C(=O)O)cc4)c23)c(C)c1. The number of aromatic nitrogens is 2. The maximum atomic E-state index is 11.0. The molecule has 2 aromatic heterocycles. The number of nitrogens with zero attached hydrogens (tertiary/aromatic N) is 2. The summed E-state index contributed by atoms with van der Waals surface area (Å²) in [6, 6.07) is 13.3. The quantitative estimate of drug-likeness (QED) is 0.485. The molecule has 0 saturated heterocycles. The van der Waals surface area contributed by atoms with Crippen molar-refractivity contribution in [3.63, 3.8) is 0 Å². The largest absolute Gasteiger partial charge is 0.478 e. The van der Waals surface area contributed by atoms with Gasteiger partial charge >= 0.3 is 5.97 Å². The van der Waals surface area contributed by atoms with E-state index in [0.717, 1.165) is 27.2 Å². The van der Waals surface area contributed by atoms with E-state index in [1.165, 1.54) is 16.7 Å². The number of aryl methyl sites for hydroxylation is 2. The van der Waals surface area contributed by atoms with Crippen molar-refractivity contribution in [3.05, 3.63) is 76.4 Å². The Bertz CT molecular complexity index is 1170. The van der Waals surface area contributed by atoms with Crippen LogP contribution < -0.4 is 5.32 Å². The normalized spacial score (nSPS) is 10.9. The third kappa shape index (κ3) is 3.46. The zero-order valence-electron chi connectivity index (χ0n) is 15.6. The predicted molar refractivity (Wildman–Crippen MR) is 113 cm³/mol. The Balaban J connectivity index is 1.68. The predicted octanol–water partition coefficient (Wildman–Crippen LogP) is 5.29. The Hall–Kier alpha value is -3.25. The molecule has 6 heteroatoms. The summed E-state index contributed by atoms with van der Waals surface area (Å²) < 4.78 is 0. The molecule has 0 atom stereocenters. The molecular formula is C22H19N3O2S. The number of carboxylic acids is 1. The first-order chi connectivity index (χ1) is 13.5. The lowest BCUT2D eigenvalue weighted by molar-refractivity contribution is 0.0697. The molecule has 2 N–H and O–H groups in total. The number of rotatable bonds is 5. The van der Waals surface area contributed by atoms with Crippen molar-refractivity contribution < 1.29 is 9.90 Å². The number of carbonyl (C=O) groups is 1. The molecule has 0 amide bonds. The highest BCUT2D eigenvalue weighted by Gasteiger charge is 2.14. The van der Waals surface area contributed by atoms with E-state index in [9.17, 15) is 4.79 Å². The third-order valence-electron chi connectivity index (χ3n) is 4.70. The van der Waals surface area contributed by atoms with E-state index in [2.05, 4.69) is 52.7 Å². The number of fused-ring (bicyclic) bond motifs is 1. The van der Waals surface area contributed by atoms with Crippen molar-refractivity contribution in [1.29, 1.82) is 0 Å². The molecule has 5 nitrogen and oxygen atoms in total. The number of benzene rings is 2. The van der Waals surface area contributed by atoms with Crippen LogP contribution in [0.3, 0.4) is 0 Å². The van der Waals surface area contributed by atoms with Crippen LogP contribution in [0.1, 0.15) is 27.0 Å². The topological polar surface area (TPSA) is 75.1 Å². The smallest absolute Gasteiger partial charge is 0.335 e. The van der Waals surface area contributed by atoms with Gasteiger partial charge in [0.25, 0.3) is 0 Å². The number of hydrogen-bond donors (Lipinski definition) is 2. The highest BCUT2D eigenvalue weighted by atomic mass is 32.1. The summed E-state index contributed by atoms with van der Waals surface area (Å²) in [5.41, 5.74) is 6.03. The fourth-order valence-electron chi connectivity index (χ4n) is 3.27. The van der Waals surface area contributed by atoms with Crippen LogP contribution in [0.5, 0.6) is 0 Å². The Labute approximate surface area is 166 Å². The monoisotopic (exact) mass is 389 g/mol. The second-order valence-corrected chi connectivity index (χ2v) is 7.58. The van der Waals surface area contributed by atoms with E-state index >= 15 is 0 Å². The van der Waals surface area contributed by atoms with E-state index < -0.39 is 5.97 Å². The van der Waals surface area contributed by atoms with Crippen LogP contribution in [0, 0.1) is 13.8 Å². The molecule has 4 aromatic rings. The molecule has 2 heterocycles. The summed E-state index contributed by atoms with van der Waals surface area (Å²) in [5, 5.41) is 15.6. The summed E-state index contributed by atoms with van der Waals surface area (Å²) in [6.45, 7) is 4.76. The Kier molecular flexibility index (Phi) is 4.79. The second-order valence-electron chi connectivity index (χ2n) is 6.73. The summed E-state index contributed by atoms with van der Waals surface area (Å²) in [7, 11) is 0. The Morgan fingerprint density at radius 2 is 1.86 bits per heavy atom. The van der Waals surface area contributed by atoms with Crippen molar-refractivity contribution in [3.8, 4) is 11.1 Å². The van der Waals surface area contributed by atoms with Crippen LogP contribution in [0.2, 0.25) is 0 Å².